The van der Waals surface area contributed by atoms with Gasteiger partial charge in [-0.05, 0) is 43.3 Å². The lowest BCUT2D eigenvalue weighted by Gasteiger charge is -2.07. The van der Waals surface area contributed by atoms with Crippen LogP contribution in [-0.4, -0.2) is 28.5 Å². The number of carbonyl (C=O) groups excluding carboxylic acids is 2. The maximum absolute atomic E-state index is 12.1. The highest BCUT2D eigenvalue weighted by molar-refractivity contribution is 7.13. The Morgan fingerprint density at radius 2 is 1.86 bits per heavy atom. The molecule has 0 fully saturated rings. The molecule has 144 valence electrons. The summed E-state index contributed by atoms with van der Waals surface area (Å²) in [5, 5.41) is 11.8. The van der Waals surface area contributed by atoms with E-state index in [9.17, 15) is 14.7 Å². The Kier molecular flexibility index (Phi) is 6.23. The number of aromatic hydroxyl groups is 1. The van der Waals surface area contributed by atoms with Crippen LogP contribution in [0, 0.1) is 0 Å². The number of hydrogen-bond acceptors (Lipinski definition) is 6. The van der Waals surface area contributed by atoms with Gasteiger partial charge in [0.15, 0.2) is 0 Å². The number of phenolic OH excluding ortho intramolecular Hbond substituents is 1. The number of nitrogens with one attached hydrogen (secondary N) is 2. The van der Waals surface area contributed by atoms with E-state index in [2.05, 4.69) is 15.8 Å². The van der Waals surface area contributed by atoms with E-state index in [1.807, 2.05) is 31.2 Å². The molecule has 1 aromatic heterocycles. The second-order valence-electron chi connectivity index (χ2n) is 5.80. The number of rotatable bonds is 6. The summed E-state index contributed by atoms with van der Waals surface area (Å²) in [6, 6.07) is 13.3. The zero-order valence-corrected chi connectivity index (χ0v) is 16.0. The van der Waals surface area contributed by atoms with Crippen molar-refractivity contribution in [2.75, 3.05) is 6.61 Å². The highest BCUT2D eigenvalue weighted by Gasteiger charge is 2.13. The summed E-state index contributed by atoms with van der Waals surface area (Å²) in [4.78, 5) is 28.6. The van der Waals surface area contributed by atoms with Crippen molar-refractivity contribution >= 4 is 23.2 Å². The van der Waals surface area contributed by atoms with E-state index >= 15 is 0 Å². The third-order valence-corrected chi connectivity index (χ3v) is 4.68. The molecule has 2 amide bonds. The molecule has 0 saturated heterocycles. The van der Waals surface area contributed by atoms with Gasteiger partial charge in [0.1, 0.15) is 16.5 Å². The Bertz CT molecular complexity index is 970. The van der Waals surface area contributed by atoms with E-state index in [4.69, 9.17) is 4.74 Å². The number of aromatic nitrogens is 1. The van der Waals surface area contributed by atoms with E-state index in [-0.39, 0.29) is 18.1 Å². The first-order chi connectivity index (χ1) is 13.6. The third-order valence-electron chi connectivity index (χ3n) is 3.76. The zero-order chi connectivity index (χ0) is 19.9. The van der Waals surface area contributed by atoms with E-state index in [0.717, 1.165) is 16.3 Å². The maximum atomic E-state index is 12.1. The molecular formula is C20H19N3O4S. The summed E-state index contributed by atoms with van der Waals surface area (Å²) in [6.07, 6.45) is 0.0309. The highest BCUT2D eigenvalue weighted by Crippen LogP contribution is 2.32. The maximum Gasteiger partial charge on any atom is 0.269 e. The van der Waals surface area contributed by atoms with Gasteiger partial charge in [-0.15, -0.1) is 11.3 Å². The molecule has 0 spiro atoms. The summed E-state index contributed by atoms with van der Waals surface area (Å²) < 4.78 is 5.62. The standard InChI is InChI=1S/C20H19N3O4S/c1-2-27-17-6-4-3-5-16(17)20-21-14(12-28-20)11-18(25)22-23-19(26)13-7-9-15(24)10-8-13/h3-10,12,24H,2,11H2,1H3,(H,22,25)(H,23,26). The van der Waals surface area contributed by atoms with E-state index in [1.54, 1.807) is 5.38 Å². The lowest BCUT2D eigenvalue weighted by Crippen LogP contribution is -2.42. The summed E-state index contributed by atoms with van der Waals surface area (Å²) in [5.74, 6) is -0.0534. The number of benzene rings is 2. The van der Waals surface area contributed by atoms with Gasteiger partial charge < -0.3 is 9.84 Å². The van der Waals surface area contributed by atoms with Crippen LogP contribution in [0.4, 0.5) is 0 Å². The Labute approximate surface area is 166 Å². The Morgan fingerprint density at radius 1 is 1.11 bits per heavy atom. The number of thiazole rings is 1. The second kappa shape index (κ2) is 9.01. The van der Waals surface area contributed by atoms with Crippen molar-refractivity contribution in [3.05, 3.63) is 65.2 Å². The number of hydrazine groups is 1. The molecule has 28 heavy (non-hydrogen) atoms. The Morgan fingerprint density at radius 3 is 2.61 bits per heavy atom. The molecule has 0 aliphatic heterocycles. The molecule has 0 bridgehead atoms. The smallest absolute Gasteiger partial charge is 0.269 e. The number of ether oxygens (including phenoxy) is 1. The SMILES string of the molecule is CCOc1ccccc1-c1nc(CC(=O)NNC(=O)c2ccc(O)cc2)cs1. The molecule has 7 nitrogen and oxygen atoms in total. The van der Waals surface area contributed by atoms with E-state index in [1.165, 1.54) is 35.6 Å². The largest absolute Gasteiger partial charge is 0.508 e. The van der Waals surface area contributed by atoms with Crippen molar-refractivity contribution in [1.82, 2.24) is 15.8 Å². The van der Waals surface area contributed by atoms with Crippen LogP contribution in [0.25, 0.3) is 10.6 Å². The van der Waals surface area contributed by atoms with Crippen molar-refractivity contribution < 1.29 is 19.4 Å². The van der Waals surface area contributed by atoms with Crippen LogP contribution in [-0.2, 0) is 11.2 Å². The molecule has 3 aromatic rings. The van der Waals surface area contributed by atoms with Gasteiger partial charge in [-0.2, -0.15) is 0 Å². The molecule has 0 radical (unpaired) electrons. The first-order valence-electron chi connectivity index (χ1n) is 8.61. The molecule has 0 aliphatic carbocycles. The monoisotopic (exact) mass is 397 g/mol. The fraction of sp³-hybridized carbons (Fsp3) is 0.150. The minimum atomic E-state index is -0.474. The lowest BCUT2D eigenvalue weighted by atomic mass is 10.2. The minimum Gasteiger partial charge on any atom is -0.508 e. The van der Waals surface area contributed by atoms with Crippen molar-refractivity contribution in [3.8, 4) is 22.1 Å². The fourth-order valence-corrected chi connectivity index (χ4v) is 3.31. The first-order valence-corrected chi connectivity index (χ1v) is 9.49. The topological polar surface area (TPSA) is 101 Å². The normalized spacial score (nSPS) is 10.3. The quantitative estimate of drug-likeness (QED) is 0.555. The van der Waals surface area contributed by atoms with Gasteiger partial charge in [-0.1, -0.05) is 12.1 Å². The summed E-state index contributed by atoms with van der Waals surface area (Å²) >= 11 is 1.43. The number of hydrogen-bond donors (Lipinski definition) is 3. The van der Waals surface area contributed by atoms with Crippen LogP contribution < -0.4 is 15.6 Å². The van der Waals surface area contributed by atoms with Crippen LogP contribution in [0.3, 0.4) is 0 Å². The molecule has 3 N–H and O–H groups in total. The minimum absolute atomic E-state index is 0.0309. The summed E-state index contributed by atoms with van der Waals surface area (Å²) in [7, 11) is 0. The van der Waals surface area contributed by atoms with Gasteiger partial charge in [0, 0.05) is 10.9 Å². The first kappa shape index (κ1) is 19.4. The van der Waals surface area contributed by atoms with E-state index in [0.29, 0.717) is 17.9 Å². The predicted octanol–water partition coefficient (Wildman–Crippen LogP) is 2.92. The number of carbonyl (C=O) groups is 2. The second-order valence-corrected chi connectivity index (χ2v) is 6.66. The van der Waals surface area contributed by atoms with Crippen LogP contribution in [0.15, 0.2) is 53.9 Å². The van der Waals surface area contributed by atoms with Gasteiger partial charge in [0.2, 0.25) is 5.91 Å². The average Bonchev–Trinajstić information content (AvgIpc) is 3.15. The molecular weight excluding hydrogens is 378 g/mol. The van der Waals surface area contributed by atoms with Crippen LogP contribution >= 0.6 is 11.3 Å². The Hall–Kier alpha value is -3.39. The van der Waals surface area contributed by atoms with Gasteiger partial charge in [0.05, 0.1) is 24.3 Å². The van der Waals surface area contributed by atoms with Crippen molar-refractivity contribution in [3.63, 3.8) is 0 Å². The molecule has 0 atom stereocenters. The summed E-state index contributed by atoms with van der Waals surface area (Å²) in [6.45, 7) is 2.47. The number of para-hydroxylation sites is 1. The zero-order valence-electron chi connectivity index (χ0n) is 15.1. The fourth-order valence-electron chi connectivity index (χ4n) is 2.46. The number of phenols is 1. The molecule has 8 heteroatoms. The lowest BCUT2D eigenvalue weighted by molar-refractivity contribution is -0.121. The van der Waals surface area contributed by atoms with Gasteiger partial charge in [0.25, 0.3) is 5.91 Å². The van der Waals surface area contributed by atoms with Gasteiger partial charge in [-0.25, -0.2) is 4.98 Å². The van der Waals surface area contributed by atoms with Crippen LogP contribution in [0.1, 0.15) is 23.0 Å². The summed E-state index contributed by atoms with van der Waals surface area (Å²) in [5.41, 5.74) is 6.50. The molecule has 1 heterocycles. The molecule has 2 aromatic carbocycles. The molecule has 0 saturated carbocycles. The number of nitrogens with zero attached hydrogens (tertiary/aromatic N) is 1. The van der Waals surface area contributed by atoms with Crippen molar-refractivity contribution in [2.24, 2.45) is 0 Å². The van der Waals surface area contributed by atoms with Gasteiger partial charge in [-0.3, -0.25) is 20.4 Å². The van der Waals surface area contributed by atoms with Crippen molar-refractivity contribution in [2.45, 2.75) is 13.3 Å². The van der Waals surface area contributed by atoms with Crippen molar-refractivity contribution in [1.29, 1.82) is 0 Å². The average molecular weight is 397 g/mol. The highest BCUT2D eigenvalue weighted by atomic mass is 32.1. The molecule has 3 rings (SSSR count). The predicted molar refractivity (Wildman–Crippen MR) is 106 cm³/mol. The van der Waals surface area contributed by atoms with Crippen LogP contribution in [0.2, 0.25) is 0 Å². The Balaban J connectivity index is 1.58. The number of amides is 2. The van der Waals surface area contributed by atoms with Gasteiger partial charge >= 0.3 is 0 Å². The van der Waals surface area contributed by atoms with E-state index < -0.39 is 5.91 Å². The molecule has 0 unspecified atom stereocenters. The van der Waals surface area contributed by atoms with Crippen LogP contribution in [0.5, 0.6) is 11.5 Å². The molecule has 0 aliphatic rings. The third kappa shape index (κ3) is 4.86.